The maximum absolute atomic E-state index is 10.3. The lowest BCUT2D eigenvalue weighted by Gasteiger charge is -1.93. The van der Waals surface area contributed by atoms with E-state index < -0.39 is 16.1 Å². The van der Waals surface area contributed by atoms with Gasteiger partial charge in [0.15, 0.2) is 13.3 Å². The van der Waals surface area contributed by atoms with Crippen molar-refractivity contribution in [2.75, 3.05) is 19.9 Å². The van der Waals surface area contributed by atoms with E-state index in [0.717, 1.165) is 0 Å². The molecule has 0 aliphatic heterocycles. The molecule has 0 N–H and O–H groups in total. The fraction of sp³-hybridized carbons (Fsp3) is 1.00. The maximum atomic E-state index is 10.3. The summed E-state index contributed by atoms with van der Waals surface area (Å²) < 4.78 is 30.0. The molecule has 0 heterocycles. The fourth-order valence-corrected chi connectivity index (χ4v) is 1.65. The van der Waals surface area contributed by atoms with Crippen molar-refractivity contribution in [3.63, 3.8) is 0 Å². The van der Waals surface area contributed by atoms with E-state index in [1.54, 1.807) is 13.3 Å². The van der Waals surface area contributed by atoms with Crippen LogP contribution in [0.3, 0.4) is 0 Å². The van der Waals surface area contributed by atoms with Crippen LogP contribution in [0.25, 0.3) is 0 Å². The second-order valence-electron chi connectivity index (χ2n) is 5.14. The van der Waals surface area contributed by atoms with Gasteiger partial charge in [-0.25, -0.2) is 0 Å². The van der Waals surface area contributed by atoms with Crippen molar-refractivity contribution in [3.8, 4) is 0 Å². The minimum absolute atomic E-state index is 0.0913. The first kappa shape index (κ1) is 29.2. The maximum Gasteiger partial charge on any atom is 0.505 e. The fourth-order valence-electron chi connectivity index (χ4n) is 0.551. The van der Waals surface area contributed by atoms with Gasteiger partial charge in [-0.3, -0.25) is 0 Å². The zero-order valence-electron chi connectivity index (χ0n) is 15.8. The lowest BCUT2D eigenvalue weighted by atomic mass is 10.2. The Bertz CT molecular complexity index is 218. The topological polar surface area (TPSA) is 52.6 Å². The summed E-state index contributed by atoms with van der Waals surface area (Å²) in [6, 6.07) is 0. The third-order valence-corrected chi connectivity index (χ3v) is 2.18. The summed E-state index contributed by atoms with van der Waals surface area (Å²) in [5, 5.41) is 0. The van der Waals surface area contributed by atoms with Crippen LogP contribution in [0.5, 0.6) is 0 Å². The van der Waals surface area contributed by atoms with Crippen molar-refractivity contribution in [2.45, 2.75) is 74.3 Å². The van der Waals surface area contributed by atoms with Crippen molar-refractivity contribution in [3.05, 3.63) is 0 Å². The molecule has 0 aliphatic carbocycles. The average molecular weight is 344 g/mol. The van der Waals surface area contributed by atoms with E-state index in [-0.39, 0.29) is 6.10 Å². The molecule has 0 bridgehead atoms. The summed E-state index contributed by atoms with van der Waals surface area (Å²) in [5.74, 6) is 0.480. The lowest BCUT2D eigenvalue weighted by Crippen LogP contribution is -1.95. The molecule has 2 unspecified atom stereocenters. The van der Waals surface area contributed by atoms with Crippen LogP contribution in [0.15, 0.2) is 0 Å². The molecule has 0 radical (unpaired) electrons. The van der Waals surface area contributed by atoms with Gasteiger partial charge in [0, 0.05) is 0 Å². The van der Waals surface area contributed by atoms with Crippen LogP contribution in [-0.2, 0) is 18.2 Å². The lowest BCUT2D eigenvalue weighted by molar-refractivity contribution is 0.258. The van der Waals surface area contributed by atoms with Gasteiger partial charge >= 0.3 is 16.1 Å². The second kappa shape index (κ2) is 25.1. The third-order valence-electron chi connectivity index (χ3n) is 0.949. The van der Waals surface area contributed by atoms with Gasteiger partial charge in [-0.1, -0.05) is 54.4 Å². The van der Waals surface area contributed by atoms with Crippen molar-refractivity contribution in [2.24, 2.45) is 5.92 Å². The SMILES string of the molecule is CC(C)CO[P+](C)=O.CC(C)O[P+](C)=O.CCC.CCC. The molecule has 4 nitrogen and oxygen atoms in total. The minimum Gasteiger partial charge on any atom is -0.146 e. The molecular weight excluding hydrogens is 306 g/mol. The van der Waals surface area contributed by atoms with Crippen LogP contribution in [-0.4, -0.2) is 26.0 Å². The molecule has 130 valence electrons. The van der Waals surface area contributed by atoms with Gasteiger partial charge in [0.25, 0.3) is 0 Å². The zero-order chi connectivity index (χ0) is 17.8. The van der Waals surface area contributed by atoms with Gasteiger partial charge in [0.05, 0.1) is 0 Å². The van der Waals surface area contributed by atoms with E-state index in [4.69, 9.17) is 9.05 Å². The first-order chi connectivity index (χ1) is 9.58. The van der Waals surface area contributed by atoms with Gasteiger partial charge in [-0.15, -0.1) is 9.05 Å². The molecular formula is C15H38O4P2+2. The van der Waals surface area contributed by atoms with E-state index in [2.05, 4.69) is 27.7 Å². The molecule has 0 aromatic carbocycles. The third kappa shape index (κ3) is 79.4. The molecule has 0 spiro atoms. The number of hydrogen-bond acceptors (Lipinski definition) is 4. The van der Waals surface area contributed by atoms with E-state index >= 15 is 0 Å². The average Bonchev–Trinajstić information content (AvgIpc) is 2.27. The molecule has 0 saturated carbocycles. The first-order valence-corrected chi connectivity index (χ1v) is 10.9. The standard InChI is InChI=1S/C5H12O2P.C4H10O2P.2C3H8/c1-5(2)4-7-8(3)6;1-4(2)6-7(3)5;2*1-3-2/h5H,4H2,1-3H3;4H,1-3H3;2*3H2,1-2H3/q2*+1;;. The van der Waals surface area contributed by atoms with Crippen LogP contribution < -0.4 is 0 Å². The highest BCUT2D eigenvalue weighted by atomic mass is 31.1. The highest BCUT2D eigenvalue weighted by Gasteiger charge is 2.08. The molecule has 21 heavy (non-hydrogen) atoms. The summed E-state index contributed by atoms with van der Waals surface area (Å²) in [5.41, 5.74) is 0. The van der Waals surface area contributed by atoms with Crippen LogP contribution in [0, 0.1) is 5.92 Å². The molecule has 0 aromatic rings. The molecule has 6 heteroatoms. The Labute approximate surface area is 135 Å². The molecule has 0 amide bonds. The van der Waals surface area contributed by atoms with Gasteiger partial charge in [0.1, 0.15) is 12.7 Å². The van der Waals surface area contributed by atoms with Crippen LogP contribution in [0.1, 0.15) is 68.2 Å². The summed E-state index contributed by atoms with van der Waals surface area (Å²) >= 11 is 0. The molecule has 0 aliphatic rings. The van der Waals surface area contributed by atoms with Crippen LogP contribution in [0.4, 0.5) is 0 Å². The largest absolute Gasteiger partial charge is 0.505 e. The predicted molar refractivity (Wildman–Crippen MR) is 96.0 cm³/mol. The van der Waals surface area contributed by atoms with Crippen molar-refractivity contribution in [1.82, 2.24) is 0 Å². The van der Waals surface area contributed by atoms with Gasteiger partial charge < -0.3 is 0 Å². The molecule has 0 rings (SSSR count). The van der Waals surface area contributed by atoms with Crippen molar-refractivity contribution >= 4 is 16.1 Å². The molecule has 2 atom stereocenters. The first-order valence-electron chi connectivity index (χ1n) is 7.70. The molecule has 0 aromatic heterocycles. The highest BCUT2D eigenvalue weighted by Crippen LogP contribution is 2.17. The summed E-state index contributed by atoms with van der Waals surface area (Å²) in [7, 11) is -2.77. The molecule has 0 saturated heterocycles. The smallest absolute Gasteiger partial charge is 0.146 e. The Morgan fingerprint density at radius 1 is 0.810 bits per heavy atom. The number of rotatable bonds is 5. The Kier molecular flexibility index (Phi) is 34.9. The van der Waals surface area contributed by atoms with Crippen molar-refractivity contribution < 1.29 is 18.2 Å². The Morgan fingerprint density at radius 3 is 1.19 bits per heavy atom. The van der Waals surface area contributed by atoms with E-state index in [1.165, 1.54) is 12.8 Å². The van der Waals surface area contributed by atoms with E-state index in [9.17, 15) is 9.13 Å². The van der Waals surface area contributed by atoms with Crippen LogP contribution >= 0.6 is 16.1 Å². The second-order valence-corrected chi connectivity index (χ2v) is 7.37. The summed E-state index contributed by atoms with van der Waals surface area (Å²) in [6.45, 7) is 20.0. The Morgan fingerprint density at radius 2 is 1.14 bits per heavy atom. The van der Waals surface area contributed by atoms with E-state index in [0.29, 0.717) is 12.5 Å². The number of hydrogen-bond donors (Lipinski definition) is 0. The summed E-state index contributed by atoms with van der Waals surface area (Å²) in [4.78, 5) is 0. The quantitative estimate of drug-likeness (QED) is 0.524. The van der Waals surface area contributed by atoms with Crippen LogP contribution in [0.2, 0.25) is 0 Å². The Hall–Kier alpha value is 0.120. The van der Waals surface area contributed by atoms with Gasteiger partial charge in [-0.2, -0.15) is 0 Å². The minimum atomic E-state index is -1.39. The zero-order valence-corrected chi connectivity index (χ0v) is 17.6. The van der Waals surface area contributed by atoms with Gasteiger partial charge in [-0.05, 0) is 28.9 Å². The monoisotopic (exact) mass is 344 g/mol. The Balaban J connectivity index is -0.000000101. The van der Waals surface area contributed by atoms with E-state index in [1.807, 2.05) is 27.7 Å². The molecule has 0 fully saturated rings. The van der Waals surface area contributed by atoms with Crippen molar-refractivity contribution in [1.29, 1.82) is 0 Å². The van der Waals surface area contributed by atoms with Gasteiger partial charge in [0.2, 0.25) is 0 Å². The highest BCUT2D eigenvalue weighted by molar-refractivity contribution is 7.38. The normalized spacial score (nSPS) is 10.5. The predicted octanol–water partition coefficient (Wildman–Crippen LogP) is 6.65. The summed E-state index contributed by atoms with van der Waals surface area (Å²) in [6.07, 6.45) is 2.59.